The van der Waals surface area contributed by atoms with Crippen molar-refractivity contribution in [3.05, 3.63) is 111 Å². The van der Waals surface area contributed by atoms with Gasteiger partial charge >= 0.3 is 0 Å². The molecule has 0 N–H and O–H groups in total. The molecule has 0 aliphatic heterocycles. The maximum Gasteiger partial charge on any atom is 0.261 e. The Kier molecular flexibility index (Phi) is 8.76. The molecule has 0 spiro atoms. The Bertz CT molecular complexity index is 1480. The van der Waals surface area contributed by atoms with Crippen LogP contribution in [0.3, 0.4) is 0 Å². The van der Waals surface area contributed by atoms with Gasteiger partial charge in [-0.1, -0.05) is 69.7 Å². The van der Waals surface area contributed by atoms with Crippen LogP contribution >= 0.6 is 0 Å². The van der Waals surface area contributed by atoms with Crippen molar-refractivity contribution in [2.24, 2.45) is 0 Å². The fourth-order valence-corrected chi connectivity index (χ4v) is 4.68. The molecule has 5 heteroatoms. The quantitative estimate of drug-likeness (QED) is 0.228. The van der Waals surface area contributed by atoms with Crippen LogP contribution in [0.5, 0.6) is 5.75 Å². The van der Waals surface area contributed by atoms with E-state index in [0.29, 0.717) is 18.6 Å². The molecule has 38 heavy (non-hydrogen) atoms. The van der Waals surface area contributed by atoms with E-state index in [1.54, 1.807) is 4.57 Å². The molecule has 0 saturated carbocycles. The third-order valence-corrected chi connectivity index (χ3v) is 6.67. The first-order chi connectivity index (χ1) is 18.5. The molecule has 0 radical (unpaired) electrons. The summed E-state index contributed by atoms with van der Waals surface area (Å²) in [6.45, 7) is 8.86. The van der Waals surface area contributed by atoms with Gasteiger partial charge in [0, 0.05) is 17.9 Å². The standard InChI is InChI=1S/C33H35N3O2/c1-5-7-12-31-30(21-24-13-15-25(16-14-24)29-11-9-8-10-26(29)22-34)33(37)36(32(35-31)23(3)4)27-17-19-28(20-18-27)38-6-2/h8-11,13-20,23H,5-7,12,21H2,1-4H3. The number of benzene rings is 3. The van der Waals surface area contributed by atoms with E-state index in [1.807, 2.05) is 79.7 Å². The molecule has 3 aromatic carbocycles. The predicted octanol–water partition coefficient (Wildman–Crippen LogP) is 7.23. The number of aryl methyl sites for hydroxylation is 1. The Hall–Kier alpha value is -4.17. The summed E-state index contributed by atoms with van der Waals surface area (Å²) in [6, 6.07) is 25.7. The first-order valence-corrected chi connectivity index (χ1v) is 13.4. The van der Waals surface area contributed by atoms with E-state index in [0.717, 1.165) is 64.5 Å². The van der Waals surface area contributed by atoms with Crippen LogP contribution in [-0.2, 0) is 12.8 Å². The molecule has 0 aliphatic rings. The molecule has 0 amide bonds. The Morgan fingerprint density at radius 3 is 2.32 bits per heavy atom. The number of hydrogen-bond donors (Lipinski definition) is 0. The van der Waals surface area contributed by atoms with E-state index in [9.17, 15) is 10.1 Å². The third-order valence-electron chi connectivity index (χ3n) is 6.67. The minimum absolute atomic E-state index is 0.0159. The van der Waals surface area contributed by atoms with E-state index in [4.69, 9.17) is 9.72 Å². The Morgan fingerprint density at radius 2 is 1.68 bits per heavy atom. The van der Waals surface area contributed by atoms with Gasteiger partial charge in [-0.05, 0) is 66.8 Å². The highest BCUT2D eigenvalue weighted by molar-refractivity contribution is 5.70. The van der Waals surface area contributed by atoms with Crippen LogP contribution in [0.2, 0.25) is 0 Å². The maximum absolute atomic E-state index is 14.1. The molecule has 0 saturated heterocycles. The van der Waals surface area contributed by atoms with Crippen molar-refractivity contribution >= 4 is 0 Å². The molecule has 194 valence electrons. The highest BCUT2D eigenvalue weighted by atomic mass is 16.5. The molecule has 0 atom stereocenters. The van der Waals surface area contributed by atoms with Gasteiger partial charge in [0.05, 0.1) is 29.6 Å². The van der Waals surface area contributed by atoms with Crippen molar-refractivity contribution in [3.63, 3.8) is 0 Å². The zero-order chi connectivity index (χ0) is 27.1. The average Bonchev–Trinajstić information content (AvgIpc) is 2.94. The number of nitrogens with zero attached hydrogens (tertiary/aromatic N) is 3. The number of hydrogen-bond acceptors (Lipinski definition) is 4. The van der Waals surface area contributed by atoms with Crippen LogP contribution in [0.1, 0.15) is 74.7 Å². The molecule has 0 fully saturated rings. The fourth-order valence-electron chi connectivity index (χ4n) is 4.68. The summed E-state index contributed by atoms with van der Waals surface area (Å²) in [6.07, 6.45) is 3.29. The summed E-state index contributed by atoms with van der Waals surface area (Å²) < 4.78 is 7.37. The first-order valence-electron chi connectivity index (χ1n) is 13.4. The molecule has 0 unspecified atom stereocenters. The summed E-state index contributed by atoms with van der Waals surface area (Å²) in [5.74, 6) is 1.64. The third kappa shape index (κ3) is 5.86. The molecule has 4 aromatic rings. The second kappa shape index (κ2) is 12.4. The van der Waals surface area contributed by atoms with Crippen LogP contribution < -0.4 is 10.3 Å². The second-order valence-corrected chi connectivity index (χ2v) is 9.75. The molecule has 1 aromatic heterocycles. The average molecular weight is 506 g/mol. The largest absolute Gasteiger partial charge is 0.494 e. The number of aromatic nitrogens is 2. The van der Waals surface area contributed by atoms with Gasteiger partial charge in [-0.3, -0.25) is 9.36 Å². The monoisotopic (exact) mass is 505 g/mol. The van der Waals surface area contributed by atoms with Gasteiger partial charge < -0.3 is 4.74 Å². The van der Waals surface area contributed by atoms with Gasteiger partial charge in [-0.25, -0.2) is 4.98 Å². The van der Waals surface area contributed by atoms with Crippen LogP contribution in [-0.4, -0.2) is 16.2 Å². The molecular weight excluding hydrogens is 470 g/mol. The lowest BCUT2D eigenvalue weighted by molar-refractivity contribution is 0.340. The summed E-state index contributed by atoms with van der Waals surface area (Å²) in [7, 11) is 0. The summed E-state index contributed by atoms with van der Waals surface area (Å²) in [4.78, 5) is 19.2. The number of nitriles is 1. The smallest absolute Gasteiger partial charge is 0.261 e. The van der Waals surface area contributed by atoms with Gasteiger partial charge in [0.25, 0.3) is 5.56 Å². The summed E-state index contributed by atoms with van der Waals surface area (Å²) >= 11 is 0. The fraction of sp³-hybridized carbons (Fsp3) is 0.303. The highest BCUT2D eigenvalue weighted by Gasteiger charge is 2.20. The lowest BCUT2D eigenvalue weighted by atomic mass is 9.96. The van der Waals surface area contributed by atoms with E-state index in [2.05, 4.69) is 26.8 Å². The van der Waals surface area contributed by atoms with E-state index in [1.165, 1.54) is 0 Å². The van der Waals surface area contributed by atoms with Gasteiger partial charge in [0.2, 0.25) is 0 Å². The Balaban J connectivity index is 1.78. The van der Waals surface area contributed by atoms with Gasteiger partial charge in [0.15, 0.2) is 0 Å². The van der Waals surface area contributed by atoms with Crippen LogP contribution in [0.4, 0.5) is 0 Å². The van der Waals surface area contributed by atoms with Crippen LogP contribution in [0.25, 0.3) is 16.8 Å². The van der Waals surface area contributed by atoms with Crippen molar-refractivity contribution in [1.82, 2.24) is 9.55 Å². The predicted molar refractivity (Wildman–Crippen MR) is 153 cm³/mol. The Morgan fingerprint density at radius 1 is 0.974 bits per heavy atom. The zero-order valence-corrected chi connectivity index (χ0v) is 22.7. The number of unbranched alkanes of at least 4 members (excludes halogenated alkanes) is 1. The van der Waals surface area contributed by atoms with E-state index in [-0.39, 0.29) is 11.5 Å². The molecule has 4 rings (SSSR count). The number of rotatable bonds is 10. The lowest BCUT2D eigenvalue weighted by Gasteiger charge is -2.20. The Labute approximate surface area is 225 Å². The molecule has 0 aliphatic carbocycles. The number of ether oxygens (including phenoxy) is 1. The minimum Gasteiger partial charge on any atom is -0.494 e. The van der Waals surface area contributed by atoms with Crippen molar-refractivity contribution < 1.29 is 4.74 Å². The molecule has 1 heterocycles. The summed E-state index contributed by atoms with van der Waals surface area (Å²) in [5.41, 5.74) is 5.98. The topological polar surface area (TPSA) is 67.9 Å². The van der Waals surface area contributed by atoms with Crippen molar-refractivity contribution in [3.8, 4) is 28.6 Å². The first kappa shape index (κ1) is 26.9. The van der Waals surface area contributed by atoms with E-state index < -0.39 is 0 Å². The van der Waals surface area contributed by atoms with Gasteiger partial charge in [-0.15, -0.1) is 0 Å². The maximum atomic E-state index is 14.1. The van der Waals surface area contributed by atoms with Crippen molar-refractivity contribution in [2.45, 2.75) is 59.3 Å². The zero-order valence-electron chi connectivity index (χ0n) is 22.7. The van der Waals surface area contributed by atoms with Crippen LogP contribution in [0, 0.1) is 11.3 Å². The van der Waals surface area contributed by atoms with Crippen molar-refractivity contribution in [2.75, 3.05) is 6.61 Å². The SMILES string of the molecule is CCCCc1nc(C(C)C)n(-c2ccc(OCC)cc2)c(=O)c1Cc1ccc(-c2ccccc2C#N)cc1. The molecular formula is C33H35N3O2. The van der Waals surface area contributed by atoms with Gasteiger partial charge in [0.1, 0.15) is 11.6 Å². The summed E-state index contributed by atoms with van der Waals surface area (Å²) in [5, 5.41) is 9.48. The molecule has 0 bridgehead atoms. The minimum atomic E-state index is -0.0159. The second-order valence-electron chi connectivity index (χ2n) is 9.75. The highest BCUT2D eigenvalue weighted by Crippen LogP contribution is 2.25. The van der Waals surface area contributed by atoms with Crippen LogP contribution in [0.15, 0.2) is 77.6 Å². The van der Waals surface area contributed by atoms with Crippen molar-refractivity contribution in [1.29, 1.82) is 5.26 Å². The van der Waals surface area contributed by atoms with E-state index >= 15 is 0 Å². The normalized spacial score (nSPS) is 10.9. The molecule has 5 nitrogen and oxygen atoms in total. The lowest BCUT2D eigenvalue weighted by Crippen LogP contribution is -2.30. The van der Waals surface area contributed by atoms with Gasteiger partial charge in [-0.2, -0.15) is 5.26 Å².